The van der Waals surface area contributed by atoms with Crippen molar-refractivity contribution in [2.45, 2.75) is 30.5 Å². The zero-order valence-electron chi connectivity index (χ0n) is 11.6. The largest absolute Gasteiger partial charge is 0.348 e. The minimum atomic E-state index is 0.519. The molecule has 1 aliphatic heterocycles. The zero-order chi connectivity index (χ0) is 13.8. The van der Waals surface area contributed by atoms with Crippen LogP contribution in [0.4, 0.5) is 0 Å². The lowest BCUT2D eigenvalue weighted by atomic mass is 9.97. The molecule has 0 bridgehead atoms. The number of imidazole rings is 1. The highest BCUT2D eigenvalue weighted by Crippen LogP contribution is 2.25. The Balaban J connectivity index is 1.62. The molecule has 3 heterocycles. The average molecular weight is 289 g/mol. The van der Waals surface area contributed by atoms with E-state index >= 15 is 0 Å². The lowest BCUT2D eigenvalue weighted by Crippen LogP contribution is -2.34. The van der Waals surface area contributed by atoms with Gasteiger partial charge in [0.15, 0.2) is 5.16 Å². The first-order chi connectivity index (χ1) is 9.85. The van der Waals surface area contributed by atoms with Gasteiger partial charge in [-0.1, -0.05) is 11.8 Å². The van der Waals surface area contributed by atoms with E-state index in [4.69, 9.17) is 0 Å². The number of hydrogen-bond acceptors (Lipinski definition) is 5. The summed E-state index contributed by atoms with van der Waals surface area (Å²) >= 11 is 1.57. The van der Waals surface area contributed by atoms with Crippen molar-refractivity contribution in [3.05, 3.63) is 36.2 Å². The van der Waals surface area contributed by atoms with Crippen LogP contribution in [0.2, 0.25) is 0 Å². The van der Waals surface area contributed by atoms with Crippen LogP contribution in [-0.2, 0) is 6.54 Å². The fourth-order valence-corrected chi connectivity index (χ4v) is 3.03. The number of likely N-dealkylation sites (tertiary alicyclic amines) is 1. The van der Waals surface area contributed by atoms with Crippen LogP contribution in [0.25, 0.3) is 0 Å². The first kappa shape index (κ1) is 13.6. The molecular formula is C14H19N5S. The number of thioether (sulfide) groups is 1. The van der Waals surface area contributed by atoms with Crippen molar-refractivity contribution in [3.63, 3.8) is 0 Å². The van der Waals surface area contributed by atoms with Gasteiger partial charge in [0.05, 0.1) is 0 Å². The fourth-order valence-electron chi connectivity index (χ4n) is 2.71. The topological polar surface area (TPSA) is 57.7 Å². The molecule has 1 unspecified atom stereocenters. The van der Waals surface area contributed by atoms with E-state index in [1.54, 1.807) is 11.8 Å². The second-order valence-electron chi connectivity index (χ2n) is 5.13. The van der Waals surface area contributed by atoms with Crippen LogP contribution < -0.4 is 0 Å². The number of aromatic amines is 1. The summed E-state index contributed by atoms with van der Waals surface area (Å²) in [6.07, 6.45) is 12.0. The Morgan fingerprint density at radius 2 is 2.20 bits per heavy atom. The van der Waals surface area contributed by atoms with Crippen molar-refractivity contribution in [3.8, 4) is 0 Å². The van der Waals surface area contributed by atoms with E-state index in [2.05, 4.69) is 24.8 Å². The summed E-state index contributed by atoms with van der Waals surface area (Å²) in [5, 5.41) is 0.834. The number of nitrogens with zero attached hydrogens (tertiary/aromatic N) is 4. The van der Waals surface area contributed by atoms with Gasteiger partial charge in [-0.05, 0) is 25.6 Å². The van der Waals surface area contributed by atoms with Crippen LogP contribution in [-0.4, -0.2) is 44.2 Å². The van der Waals surface area contributed by atoms with E-state index in [1.807, 2.05) is 31.0 Å². The molecule has 1 saturated heterocycles. The maximum atomic E-state index is 4.39. The monoisotopic (exact) mass is 289 g/mol. The highest BCUT2D eigenvalue weighted by Gasteiger charge is 2.22. The van der Waals surface area contributed by atoms with Crippen LogP contribution in [0.3, 0.4) is 0 Å². The molecule has 1 aliphatic rings. The lowest BCUT2D eigenvalue weighted by Gasteiger charge is -2.31. The summed E-state index contributed by atoms with van der Waals surface area (Å²) in [5.74, 6) is 1.63. The van der Waals surface area contributed by atoms with Gasteiger partial charge in [0, 0.05) is 49.4 Å². The summed E-state index contributed by atoms with van der Waals surface area (Å²) in [5.41, 5.74) is 1.18. The third kappa shape index (κ3) is 3.19. The van der Waals surface area contributed by atoms with E-state index in [0.29, 0.717) is 5.92 Å². The van der Waals surface area contributed by atoms with Crippen LogP contribution >= 0.6 is 11.8 Å². The minimum absolute atomic E-state index is 0.519. The van der Waals surface area contributed by atoms with E-state index in [9.17, 15) is 0 Å². The maximum absolute atomic E-state index is 4.39. The molecule has 0 saturated carbocycles. The van der Waals surface area contributed by atoms with Gasteiger partial charge in [-0.25, -0.2) is 15.0 Å². The molecule has 1 atom stereocenters. The van der Waals surface area contributed by atoms with Crippen molar-refractivity contribution in [1.82, 2.24) is 24.8 Å². The molecule has 0 aromatic carbocycles. The Kier molecular flexibility index (Phi) is 4.32. The van der Waals surface area contributed by atoms with Crippen molar-refractivity contribution >= 4 is 11.8 Å². The fraction of sp³-hybridized carbons (Fsp3) is 0.500. The second-order valence-corrected chi connectivity index (χ2v) is 5.90. The molecule has 5 nitrogen and oxygen atoms in total. The number of nitrogens with one attached hydrogen (secondary N) is 1. The van der Waals surface area contributed by atoms with Gasteiger partial charge in [-0.3, -0.25) is 4.90 Å². The van der Waals surface area contributed by atoms with Gasteiger partial charge in [0.1, 0.15) is 5.82 Å². The van der Waals surface area contributed by atoms with Crippen molar-refractivity contribution in [2.75, 3.05) is 19.3 Å². The number of hydrogen-bond donors (Lipinski definition) is 1. The molecule has 106 valence electrons. The smallest absolute Gasteiger partial charge is 0.187 e. The SMILES string of the molecule is CSc1ncc(CN2CCCC(c3ncc[nH]3)C2)cn1. The molecular weight excluding hydrogens is 270 g/mol. The molecule has 3 rings (SSSR count). The molecule has 2 aromatic heterocycles. The predicted molar refractivity (Wildman–Crippen MR) is 79.7 cm³/mol. The standard InChI is InChI=1S/C14H19N5S/c1-20-14-17-7-11(8-18-14)9-19-6-2-3-12(10-19)13-15-4-5-16-13/h4-5,7-8,12H,2-3,6,9-10H2,1H3,(H,15,16). The van der Waals surface area contributed by atoms with Gasteiger partial charge in [-0.15, -0.1) is 0 Å². The molecule has 1 N–H and O–H groups in total. The van der Waals surface area contributed by atoms with Crippen LogP contribution in [0.5, 0.6) is 0 Å². The van der Waals surface area contributed by atoms with E-state index in [-0.39, 0.29) is 0 Å². The summed E-state index contributed by atoms with van der Waals surface area (Å²) in [7, 11) is 0. The molecule has 0 spiro atoms. The average Bonchev–Trinajstić information content (AvgIpc) is 3.03. The van der Waals surface area contributed by atoms with Gasteiger partial charge >= 0.3 is 0 Å². The molecule has 1 fully saturated rings. The molecule has 0 aliphatic carbocycles. The predicted octanol–water partition coefficient (Wildman–Crippen LogP) is 2.30. The maximum Gasteiger partial charge on any atom is 0.187 e. The third-order valence-electron chi connectivity index (χ3n) is 3.68. The minimum Gasteiger partial charge on any atom is -0.348 e. The lowest BCUT2D eigenvalue weighted by molar-refractivity contribution is 0.196. The van der Waals surface area contributed by atoms with E-state index in [0.717, 1.165) is 30.6 Å². The van der Waals surface area contributed by atoms with Crippen molar-refractivity contribution < 1.29 is 0 Å². The summed E-state index contributed by atoms with van der Waals surface area (Å²) in [4.78, 5) is 18.8. The molecule has 2 aromatic rings. The molecule has 20 heavy (non-hydrogen) atoms. The highest BCUT2D eigenvalue weighted by molar-refractivity contribution is 7.98. The molecule has 0 amide bonds. The van der Waals surface area contributed by atoms with Gasteiger partial charge in [0.25, 0.3) is 0 Å². The number of rotatable bonds is 4. The summed E-state index contributed by atoms with van der Waals surface area (Å²) in [6, 6.07) is 0. The van der Waals surface area contributed by atoms with E-state index in [1.165, 1.54) is 18.4 Å². The second kappa shape index (κ2) is 6.37. The van der Waals surface area contributed by atoms with Gasteiger partial charge in [-0.2, -0.15) is 0 Å². The Bertz CT molecular complexity index is 525. The first-order valence-electron chi connectivity index (χ1n) is 6.91. The number of H-pyrrole nitrogens is 1. The normalized spacial score (nSPS) is 20.1. The van der Waals surface area contributed by atoms with Crippen LogP contribution in [0.1, 0.15) is 30.1 Å². The molecule has 6 heteroatoms. The molecule has 0 radical (unpaired) electrons. The Morgan fingerprint density at radius 3 is 2.90 bits per heavy atom. The quantitative estimate of drug-likeness (QED) is 0.691. The zero-order valence-corrected chi connectivity index (χ0v) is 12.4. The summed E-state index contributed by atoms with van der Waals surface area (Å²) < 4.78 is 0. The van der Waals surface area contributed by atoms with Crippen LogP contribution in [0, 0.1) is 0 Å². The summed E-state index contributed by atoms with van der Waals surface area (Å²) in [6.45, 7) is 3.12. The first-order valence-corrected chi connectivity index (χ1v) is 8.14. The van der Waals surface area contributed by atoms with E-state index < -0.39 is 0 Å². The Labute approximate surface area is 123 Å². The van der Waals surface area contributed by atoms with Crippen molar-refractivity contribution in [1.29, 1.82) is 0 Å². The van der Waals surface area contributed by atoms with Gasteiger partial charge in [0.2, 0.25) is 0 Å². The number of aromatic nitrogens is 4. The van der Waals surface area contributed by atoms with Crippen molar-refractivity contribution in [2.24, 2.45) is 0 Å². The highest BCUT2D eigenvalue weighted by atomic mass is 32.2. The van der Waals surface area contributed by atoms with Crippen LogP contribution in [0.15, 0.2) is 29.9 Å². The number of piperidine rings is 1. The third-order valence-corrected chi connectivity index (χ3v) is 4.26. The van der Waals surface area contributed by atoms with Gasteiger partial charge < -0.3 is 4.98 Å². The Morgan fingerprint density at radius 1 is 1.35 bits per heavy atom. The Hall–Kier alpha value is -1.40.